The number of hydrogen-bond acceptors (Lipinski definition) is 3. The largest absolute Gasteiger partial charge is 0.376 e. The van der Waals surface area contributed by atoms with Gasteiger partial charge in [0.15, 0.2) is 0 Å². The Kier molecular flexibility index (Phi) is 6.00. The van der Waals surface area contributed by atoms with Gasteiger partial charge in [-0.2, -0.15) is 5.10 Å². The Hall–Kier alpha value is -2.41. The minimum atomic E-state index is -0.294. The highest BCUT2D eigenvalue weighted by molar-refractivity contribution is 5.74. The Labute approximate surface area is 146 Å². The second kappa shape index (κ2) is 8.62. The van der Waals surface area contributed by atoms with Crippen molar-refractivity contribution in [1.29, 1.82) is 0 Å². The van der Waals surface area contributed by atoms with Crippen molar-refractivity contribution in [2.75, 3.05) is 13.2 Å². The van der Waals surface area contributed by atoms with Crippen molar-refractivity contribution in [1.82, 2.24) is 20.4 Å². The molecule has 25 heavy (non-hydrogen) atoms. The molecule has 2 atom stereocenters. The molecule has 1 saturated heterocycles. The minimum Gasteiger partial charge on any atom is -0.376 e. The Morgan fingerprint density at radius 2 is 2.24 bits per heavy atom. The molecule has 6 nitrogen and oxygen atoms in total. The predicted octanol–water partition coefficient (Wildman–Crippen LogP) is 2.63. The molecular formula is C18H23FN4O2. The molecule has 1 fully saturated rings. The second-order valence-electron chi connectivity index (χ2n) is 6.10. The van der Waals surface area contributed by atoms with Gasteiger partial charge in [-0.25, -0.2) is 9.18 Å². The number of nitrogens with one attached hydrogen (secondary N) is 2. The molecule has 2 amide bonds. The summed E-state index contributed by atoms with van der Waals surface area (Å²) < 4.78 is 20.7. The van der Waals surface area contributed by atoms with Crippen molar-refractivity contribution in [2.24, 2.45) is 0 Å². The maximum absolute atomic E-state index is 13.2. The molecular weight excluding hydrogens is 323 g/mol. The zero-order chi connectivity index (χ0) is 17.5. The number of nitrogens with zero attached hydrogens (tertiary/aromatic N) is 2. The fourth-order valence-electron chi connectivity index (χ4n) is 2.99. The third-order valence-electron chi connectivity index (χ3n) is 4.26. The van der Waals surface area contributed by atoms with Gasteiger partial charge in [-0.15, -0.1) is 0 Å². The SMILES string of the molecule is O=C(NCCCn1cccn1)N[C@@H](c1ccc(F)cc1)[C@H]1CCCO1. The molecule has 2 N–H and O–H groups in total. The number of benzene rings is 1. The van der Waals surface area contributed by atoms with Gasteiger partial charge in [0.1, 0.15) is 5.82 Å². The molecule has 0 bridgehead atoms. The van der Waals surface area contributed by atoms with Gasteiger partial charge >= 0.3 is 6.03 Å². The summed E-state index contributed by atoms with van der Waals surface area (Å²) in [6.07, 6.45) is 6.17. The molecule has 7 heteroatoms. The fourth-order valence-corrected chi connectivity index (χ4v) is 2.99. The number of carbonyl (C=O) groups is 1. The summed E-state index contributed by atoms with van der Waals surface area (Å²) in [4.78, 5) is 12.2. The molecule has 2 aromatic rings. The van der Waals surface area contributed by atoms with Crippen LogP contribution < -0.4 is 10.6 Å². The topological polar surface area (TPSA) is 68.2 Å². The van der Waals surface area contributed by atoms with Gasteiger partial charge < -0.3 is 15.4 Å². The van der Waals surface area contributed by atoms with Crippen molar-refractivity contribution in [3.8, 4) is 0 Å². The van der Waals surface area contributed by atoms with Gasteiger partial charge in [0.25, 0.3) is 0 Å². The van der Waals surface area contributed by atoms with Gasteiger partial charge in [0, 0.05) is 32.1 Å². The summed E-state index contributed by atoms with van der Waals surface area (Å²) in [5.74, 6) is -0.294. The van der Waals surface area contributed by atoms with E-state index in [2.05, 4.69) is 15.7 Å². The Morgan fingerprint density at radius 1 is 1.40 bits per heavy atom. The van der Waals surface area contributed by atoms with Gasteiger partial charge in [-0.3, -0.25) is 4.68 Å². The highest BCUT2D eigenvalue weighted by Gasteiger charge is 2.28. The van der Waals surface area contributed by atoms with Crippen LogP contribution in [0.5, 0.6) is 0 Å². The number of amides is 2. The minimum absolute atomic E-state index is 0.0831. The van der Waals surface area contributed by atoms with Crippen LogP contribution in [0.4, 0.5) is 9.18 Å². The highest BCUT2D eigenvalue weighted by atomic mass is 19.1. The van der Waals surface area contributed by atoms with Crippen LogP contribution in [-0.2, 0) is 11.3 Å². The summed E-state index contributed by atoms with van der Waals surface area (Å²) >= 11 is 0. The number of aromatic nitrogens is 2. The van der Waals surface area contributed by atoms with Crippen LogP contribution in [0.15, 0.2) is 42.7 Å². The lowest BCUT2D eigenvalue weighted by molar-refractivity contribution is 0.0807. The van der Waals surface area contributed by atoms with Gasteiger partial charge in [-0.1, -0.05) is 12.1 Å². The fraction of sp³-hybridized carbons (Fsp3) is 0.444. The highest BCUT2D eigenvalue weighted by Crippen LogP contribution is 2.27. The lowest BCUT2D eigenvalue weighted by Crippen LogP contribution is -2.42. The summed E-state index contributed by atoms with van der Waals surface area (Å²) in [5, 5.41) is 9.95. The van der Waals surface area contributed by atoms with Crippen molar-refractivity contribution in [3.63, 3.8) is 0 Å². The number of aryl methyl sites for hydroxylation is 1. The molecule has 1 aromatic carbocycles. The lowest BCUT2D eigenvalue weighted by atomic mass is 9.99. The maximum atomic E-state index is 13.2. The van der Waals surface area contributed by atoms with Crippen LogP contribution in [0.25, 0.3) is 0 Å². The summed E-state index contributed by atoms with van der Waals surface area (Å²) in [6.45, 7) is 1.99. The maximum Gasteiger partial charge on any atom is 0.315 e. The van der Waals surface area contributed by atoms with E-state index in [9.17, 15) is 9.18 Å². The lowest BCUT2D eigenvalue weighted by Gasteiger charge is -2.25. The van der Waals surface area contributed by atoms with Gasteiger partial charge in [0.05, 0.1) is 12.1 Å². The molecule has 134 valence electrons. The predicted molar refractivity (Wildman–Crippen MR) is 91.5 cm³/mol. The first-order valence-corrected chi connectivity index (χ1v) is 8.61. The summed E-state index contributed by atoms with van der Waals surface area (Å²) in [6, 6.07) is 7.54. The Morgan fingerprint density at radius 3 is 2.92 bits per heavy atom. The number of halogens is 1. The third-order valence-corrected chi connectivity index (χ3v) is 4.26. The quantitative estimate of drug-likeness (QED) is 0.758. The van der Waals surface area contributed by atoms with Crippen molar-refractivity contribution < 1.29 is 13.9 Å². The first-order valence-electron chi connectivity index (χ1n) is 8.61. The number of carbonyl (C=O) groups excluding carboxylic acids is 1. The third kappa shape index (κ3) is 5.03. The molecule has 3 rings (SSSR count). The number of hydrogen-bond donors (Lipinski definition) is 2. The average molecular weight is 346 g/mol. The van der Waals surface area contributed by atoms with Gasteiger partial charge in [0.2, 0.25) is 0 Å². The molecule has 0 saturated carbocycles. The summed E-state index contributed by atoms with van der Waals surface area (Å²) in [7, 11) is 0. The smallest absolute Gasteiger partial charge is 0.315 e. The Bertz CT molecular complexity index is 654. The van der Waals surface area contributed by atoms with E-state index in [1.165, 1.54) is 12.1 Å². The molecule has 0 spiro atoms. The van der Waals surface area contributed by atoms with Crippen LogP contribution in [0.2, 0.25) is 0 Å². The van der Waals surface area contributed by atoms with E-state index >= 15 is 0 Å². The van der Waals surface area contributed by atoms with E-state index in [0.717, 1.165) is 31.4 Å². The first kappa shape index (κ1) is 17.4. The summed E-state index contributed by atoms with van der Waals surface area (Å²) in [5.41, 5.74) is 0.847. The van der Waals surface area contributed by atoms with E-state index in [0.29, 0.717) is 13.2 Å². The second-order valence-corrected chi connectivity index (χ2v) is 6.10. The first-order chi connectivity index (χ1) is 12.2. The zero-order valence-electron chi connectivity index (χ0n) is 14.0. The van der Waals surface area contributed by atoms with Gasteiger partial charge in [-0.05, 0) is 43.0 Å². The van der Waals surface area contributed by atoms with Crippen LogP contribution >= 0.6 is 0 Å². The van der Waals surface area contributed by atoms with E-state index in [4.69, 9.17) is 4.74 Å². The molecule has 2 heterocycles. The number of urea groups is 1. The van der Waals surface area contributed by atoms with Crippen molar-refractivity contribution >= 4 is 6.03 Å². The molecule has 0 aliphatic carbocycles. The average Bonchev–Trinajstić information content (AvgIpc) is 3.31. The molecule has 1 aromatic heterocycles. The van der Waals surface area contributed by atoms with Crippen LogP contribution in [0.1, 0.15) is 30.9 Å². The molecule has 0 radical (unpaired) electrons. The van der Waals surface area contributed by atoms with E-state index in [1.807, 2.05) is 16.9 Å². The van der Waals surface area contributed by atoms with E-state index in [1.54, 1.807) is 18.3 Å². The molecule has 0 unspecified atom stereocenters. The Balaban J connectivity index is 1.52. The number of ether oxygens (including phenoxy) is 1. The van der Waals surface area contributed by atoms with Crippen LogP contribution in [0, 0.1) is 5.82 Å². The number of rotatable bonds is 7. The standard InChI is InChI=1S/C18H23FN4O2/c19-15-7-5-14(6-8-15)17(16-4-1-13-25-16)22-18(24)20-9-2-11-23-12-3-10-21-23/h3,5-8,10,12,16-17H,1-2,4,9,11,13H2,(H2,20,22,24)/t16-,17+/m1/s1. The van der Waals surface area contributed by atoms with Crippen molar-refractivity contribution in [2.45, 2.75) is 38.0 Å². The van der Waals surface area contributed by atoms with E-state index < -0.39 is 0 Å². The zero-order valence-corrected chi connectivity index (χ0v) is 14.0. The van der Waals surface area contributed by atoms with Crippen LogP contribution in [-0.4, -0.2) is 35.1 Å². The molecule has 1 aliphatic heterocycles. The van der Waals surface area contributed by atoms with E-state index in [-0.39, 0.29) is 24.0 Å². The normalized spacial score (nSPS) is 18.0. The van der Waals surface area contributed by atoms with Crippen LogP contribution in [0.3, 0.4) is 0 Å². The monoisotopic (exact) mass is 346 g/mol. The molecule has 1 aliphatic rings. The van der Waals surface area contributed by atoms with Crippen molar-refractivity contribution in [3.05, 3.63) is 54.1 Å².